The van der Waals surface area contributed by atoms with Crippen LogP contribution in [0.15, 0.2) is 18.3 Å². The zero-order valence-corrected chi connectivity index (χ0v) is 9.31. The van der Waals surface area contributed by atoms with Crippen LogP contribution in [0.3, 0.4) is 0 Å². The number of methoxy groups -OCH3 is 1. The SMILES string of the molecule is COCCCN(C)c1ncccc1CO. The summed E-state index contributed by atoms with van der Waals surface area (Å²) in [5.41, 5.74) is 0.859. The van der Waals surface area contributed by atoms with E-state index in [0.717, 1.165) is 31.0 Å². The third-order valence-corrected chi connectivity index (χ3v) is 2.24. The van der Waals surface area contributed by atoms with Crippen molar-refractivity contribution in [1.29, 1.82) is 0 Å². The topological polar surface area (TPSA) is 45.6 Å². The number of nitrogens with zero attached hydrogens (tertiary/aromatic N) is 2. The van der Waals surface area contributed by atoms with Crippen molar-refractivity contribution in [1.82, 2.24) is 4.98 Å². The molecule has 0 unspecified atom stereocenters. The van der Waals surface area contributed by atoms with Gasteiger partial charge in [-0.15, -0.1) is 0 Å². The second-order valence-corrected chi connectivity index (χ2v) is 3.41. The Labute approximate surface area is 90.5 Å². The largest absolute Gasteiger partial charge is 0.392 e. The molecule has 0 amide bonds. The molecule has 15 heavy (non-hydrogen) atoms. The smallest absolute Gasteiger partial charge is 0.133 e. The van der Waals surface area contributed by atoms with Crippen LogP contribution in [0.25, 0.3) is 0 Å². The molecule has 0 radical (unpaired) electrons. The highest BCUT2D eigenvalue weighted by Gasteiger charge is 2.06. The molecule has 0 atom stereocenters. The van der Waals surface area contributed by atoms with E-state index in [1.165, 1.54) is 0 Å². The van der Waals surface area contributed by atoms with Gasteiger partial charge in [-0.05, 0) is 12.5 Å². The molecule has 1 aromatic rings. The highest BCUT2D eigenvalue weighted by atomic mass is 16.5. The first-order valence-corrected chi connectivity index (χ1v) is 5.04. The minimum Gasteiger partial charge on any atom is -0.392 e. The summed E-state index contributed by atoms with van der Waals surface area (Å²) in [6, 6.07) is 3.72. The number of aromatic nitrogens is 1. The van der Waals surface area contributed by atoms with Gasteiger partial charge in [0.05, 0.1) is 6.61 Å². The lowest BCUT2D eigenvalue weighted by molar-refractivity contribution is 0.196. The summed E-state index contributed by atoms with van der Waals surface area (Å²) < 4.78 is 4.99. The summed E-state index contributed by atoms with van der Waals surface area (Å²) in [6.07, 6.45) is 2.69. The molecular weight excluding hydrogens is 192 g/mol. The van der Waals surface area contributed by atoms with E-state index in [9.17, 15) is 0 Å². The van der Waals surface area contributed by atoms with E-state index in [2.05, 4.69) is 4.98 Å². The molecule has 0 aliphatic carbocycles. The Balaban J connectivity index is 2.59. The monoisotopic (exact) mass is 210 g/mol. The molecule has 4 nitrogen and oxygen atoms in total. The van der Waals surface area contributed by atoms with E-state index in [4.69, 9.17) is 9.84 Å². The average Bonchev–Trinajstić information content (AvgIpc) is 2.29. The lowest BCUT2D eigenvalue weighted by atomic mass is 10.2. The van der Waals surface area contributed by atoms with E-state index in [1.807, 2.05) is 24.1 Å². The maximum atomic E-state index is 9.15. The maximum Gasteiger partial charge on any atom is 0.133 e. The second kappa shape index (κ2) is 6.37. The van der Waals surface area contributed by atoms with Crippen molar-refractivity contribution >= 4 is 5.82 Å². The van der Waals surface area contributed by atoms with Gasteiger partial charge in [0, 0.05) is 39.1 Å². The fraction of sp³-hybridized carbons (Fsp3) is 0.545. The summed E-state index contributed by atoms with van der Waals surface area (Å²) in [7, 11) is 3.66. The molecule has 0 spiro atoms. The molecule has 0 bridgehead atoms. The number of anilines is 1. The van der Waals surface area contributed by atoms with Crippen molar-refractivity contribution in [2.45, 2.75) is 13.0 Å². The molecular formula is C11H18N2O2. The molecule has 0 aliphatic rings. The third kappa shape index (κ3) is 3.49. The zero-order valence-electron chi connectivity index (χ0n) is 9.31. The Morgan fingerprint density at radius 3 is 3.00 bits per heavy atom. The molecule has 4 heteroatoms. The van der Waals surface area contributed by atoms with Gasteiger partial charge in [0.25, 0.3) is 0 Å². The van der Waals surface area contributed by atoms with Crippen molar-refractivity contribution < 1.29 is 9.84 Å². The van der Waals surface area contributed by atoms with E-state index in [1.54, 1.807) is 13.3 Å². The molecule has 0 saturated heterocycles. The van der Waals surface area contributed by atoms with Gasteiger partial charge < -0.3 is 14.7 Å². The first-order valence-electron chi connectivity index (χ1n) is 5.04. The number of aliphatic hydroxyl groups is 1. The molecule has 1 N–H and O–H groups in total. The van der Waals surface area contributed by atoms with Gasteiger partial charge in [-0.2, -0.15) is 0 Å². The highest BCUT2D eigenvalue weighted by molar-refractivity contribution is 5.45. The lowest BCUT2D eigenvalue weighted by Gasteiger charge is -2.20. The maximum absolute atomic E-state index is 9.15. The van der Waals surface area contributed by atoms with Crippen LogP contribution in [0.4, 0.5) is 5.82 Å². The number of aliphatic hydroxyl groups excluding tert-OH is 1. The molecule has 84 valence electrons. The van der Waals surface area contributed by atoms with Crippen molar-refractivity contribution in [2.24, 2.45) is 0 Å². The van der Waals surface area contributed by atoms with Crippen molar-refractivity contribution in [3.63, 3.8) is 0 Å². The predicted octanol–water partition coefficient (Wildman–Crippen LogP) is 1.05. The molecule has 0 aliphatic heterocycles. The highest BCUT2D eigenvalue weighted by Crippen LogP contribution is 2.15. The van der Waals surface area contributed by atoms with Crippen molar-refractivity contribution in [3.8, 4) is 0 Å². The molecule has 0 aromatic carbocycles. The Kier molecular flexibility index (Phi) is 5.07. The van der Waals surface area contributed by atoms with Gasteiger partial charge >= 0.3 is 0 Å². The van der Waals surface area contributed by atoms with Crippen LogP contribution in [-0.4, -0.2) is 37.4 Å². The molecule has 1 heterocycles. The minimum absolute atomic E-state index is 0.0256. The van der Waals surface area contributed by atoms with E-state index >= 15 is 0 Å². The fourth-order valence-electron chi connectivity index (χ4n) is 1.45. The van der Waals surface area contributed by atoms with E-state index in [0.29, 0.717) is 0 Å². The van der Waals surface area contributed by atoms with E-state index < -0.39 is 0 Å². The Morgan fingerprint density at radius 2 is 2.33 bits per heavy atom. The third-order valence-electron chi connectivity index (χ3n) is 2.24. The van der Waals surface area contributed by atoms with Crippen LogP contribution in [0.5, 0.6) is 0 Å². The predicted molar refractivity (Wildman–Crippen MR) is 59.9 cm³/mol. The van der Waals surface area contributed by atoms with Crippen LogP contribution < -0.4 is 4.90 Å². The number of hydrogen-bond donors (Lipinski definition) is 1. The standard InChI is InChI=1S/C11H18N2O2/c1-13(7-4-8-15-2)11-10(9-14)5-3-6-12-11/h3,5-6,14H,4,7-9H2,1-2H3. The number of pyridine rings is 1. The zero-order chi connectivity index (χ0) is 11.1. The van der Waals surface area contributed by atoms with Crippen LogP contribution in [0.2, 0.25) is 0 Å². The molecule has 0 saturated carbocycles. The summed E-state index contributed by atoms with van der Waals surface area (Å²) >= 11 is 0. The Bertz CT molecular complexity index is 292. The number of hydrogen-bond acceptors (Lipinski definition) is 4. The van der Waals surface area contributed by atoms with Crippen molar-refractivity contribution in [3.05, 3.63) is 23.9 Å². The molecule has 0 fully saturated rings. The van der Waals surface area contributed by atoms with Gasteiger partial charge in [0.1, 0.15) is 5.82 Å². The average molecular weight is 210 g/mol. The van der Waals surface area contributed by atoms with Crippen LogP contribution in [-0.2, 0) is 11.3 Å². The Morgan fingerprint density at radius 1 is 1.53 bits per heavy atom. The quantitative estimate of drug-likeness (QED) is 0.713. The summed E-state index contributed by atoms with van der Waals surface area (Å²) in [5, 5.41) is 9.15. The second-order valence-electron chi connectivity index (χ2n) is 3.41. The van der Waals surface area contributed by atoms with Gasteiger partial charge in [-0.3, -0.25) is 0 Å². The number of ether oxygens (including phenoxy) is 1. The number of rotatable bonds is 6. The van der Waals surface area contributed by atoms with Crippen molar-refractivity contribution in [2.75, 3.05) is 32.2 Å². The van der Waals surface area contributed by atoms with Crippen LogP contribution >= 0.6 is 0 Å². The summed E-state index contributed by atoms with van der Waals surface area (Å²) in [5.74, 6) is 0.844. The first-order chi connectivity index (χ1) is 7.29. The molecule has 1 rings (SSSR count). The summed E-state index contributed by atoms with van der Waals surface area (Å²) in [6.45, 7) is 1.64. The minimum atomic E-state index is 0.0256. The van der Waals surface area contributed by atoms with Gasteiger partial charge in [-0.25, -0.2) is 4.98 Å². The summed E-state index contributed by atoms with van der Waals surface area (Å²) in [4.78, 5) is 6.29. The van der Waals surface area contributed by atoms with Crippen LogP contribution in [0, 0.1) is 0 Å². The Hall–Kier alpha value is -1.13. The van der Waals surface area contributed by atoms with Crippen LogP contribution in [0.1, 0.15) is 12.0 Å². The van der Waals surface area contributed by atoms with Gasteiger partial charge in [-0.1, -0.05) is 6.07 Å². The van der Waals surface area contributed by atoms with E-state index in [-0.39, 0.29) is 6.61 Å². The lowest BCUT2D eigenvalue weighted by Crippen LogP contribution is -2.22. The normalized spacial score (nSPS) is 10.3. The first kappa shape index (κ1) is 11.9. The van der Waals surface area contributed by atoms with Gasteiger partial charge in [0.15, 0.2) is 0 Å². The fourth-order valence-corrected chi connectivity index (χ4v) is 1.45. The molecule has 1 aromatic heterocycles. The van der Waals surface area contributed by atoms with Gasteiger partial charge in [0.2, 0.25) is 0 Å².